The van der Waals surface area contributed by atoms with E-state index in [0.29, 0.717) is 16.5 Å². The third-order valence-electron chi connectivity index (χ3n) is 3.83. The van der Waals surface area contributed by atoms with Crippen LogP contribution in [0.1, 0.15) is 35.8 Å². The molecular formula is C17H17N3O2S. The van der Waals surface area contributed by atoms with Crippen LogP contribution in [0.2, 0.25) is 0 Å². The Morgan fingerprint density at radius 3 is 2.78 bits per heavy atom. The Balaban J connectivity index is 1.76. The Kier molecular flexibility index (Phi) is 4.25. The number of nitrogens with zero attached hydrogens (tertiary/aromatic N) is 2. The molecule has 0 spiro atoms. The second-order valence-electron chi connectivity index (χ2n) is 5.58. The monoisotopic (exact) mass is 327 g/mol. The van der Waals surface area contributed by atoms with E-state index in [0.717, 1.165) is 11.3 Å². The first-order valence-corrected chi connectivity index (χ1v) is 8.18. The Hall–Kier alpha value is -2.47. The maximum absolute atomic E-state index is 12.1. The van der Waals surface area contributed by atoms with Crippen molar-refractivity contribution >= 4 is 22.4 Å². The highest BCUT2D eigenvalue weighted by Gasteiger charge is 2.26. The van der Waals surface area contributed by atoms with Crippen molar-refractivity contribution in [2.45, 2.75) is 19.8 Å². The normalized spacial score (nSPS) is 20.6. The second-order valence-corrected chi connectivity index (χ2v) is 6.44. The summed E-state index contributed by atoms with van der Waals surface area (Å²) in [6.07, 6.45) is 6.75. The molecule has 2 unspecified atom stereocenters. The van der Waals surface area contributed by atoms with Gasteiger partial charge in [-0.3, -0.25) is 15.1 Å². The quantitative estimate of drug-likeness (QED) is 0.896. The summed E-state index contributed by atoms with van der Waals surface area (Å²) in [5.41, 5.74) is 2.52. The fourth-order valence-corrected chi connectivity index (χ4v) is 3.55. The lowest BCUT2D eigenvalue weighted by Gasteiger charge is -2.24. The van der Waals surface area contributed by atoms with Crippen molar-refractivity contribution in [1.29, 1.82) is 0 Å². The third-order valence-corrected chi connectivity index (χ3v) is 4.61. The van der Waals surface area contributed by atoms with Crippen molar-refractivity contribution in [3.8, 4) is 0 Å². The molecule has 23 heavy (non-hydrogen) atoms. The van der Waals surface area contributed by atoms with Gasteiger partial charge in [0.2, 0.25) is 0 Å². The van der Waals surface area contributed by atoms with Crippen LogP contribution in [0.5, 0.6) is 0 Å². The standard InChI is InChI=1S/C17H17N3O2S/c1-10-7-13(21)8-11(2)15(10)14-9-23-17(19-14)20-16(22)12-3-5-18-6-4-12/h3-10,15,21H,1-2H3,(H,19,20,22). The van der Waals surface area contributed by atoms with Gasteiger partial charge in [0.15, 0.2) is 5.13 Å². The van der Waals surface area contributed by atoms with Crippen molar-refractivity contribution in [2.24, 2.45) is 5.92 Å². The minimum absolute atomic E-state index is 0.119. The Morgan fingerprint density at radius 2 is 2.09 bits per heavy atom. The molecule has 6 heteroatoms. The number of aromatic nitrogens is 2. The Labute approximate surface area is 138 Å². The van der Waals surface area contributed by atoms with Crippen LogP contribution in [-0.4, -0.2) is 21.0 Å². The van der Waals surface area contributed by atoms with Crippen molar-refractivity contribution in [2.75, 3.05) is 5.32 Å². The SMILES string of the molecule is CC1=CC(O)=CC(C)C1c1csc(NC(=O)c2ccncc2)n1. The van der Waals surface area contributed by atoms with Gasteiger partial charge in [0, 0.05) is 29.3 Å². The molecule has 2 atom stereocenters. The van der Waals surface area contributed by atoms with E-state index < -0.39 is 0 Å². The van der Waals surface area contributed by atoms with E-state index >= 15 is 0 Å². The lowest BCUT2D eigenvalue weighted by molar-refractivity contribution is 0.102. The first kappa shape index (κ1) is 15.4. The van der Waals surface area contributed by atoms with Gasteiger partial charge < -0.3 is 5.11 Å². The third kappa shape index (κ3) is 3.32. The number of aliphatic hydroxyl groups is 1. The number of thiazole rings is 1. The lowest BCUT2D eigenvalue weighted by atomic mass is 9.82. The fraction of sp³-hybridized carbons (Fsp3) is 0.235. The molecule has 0 bridgehead atoms. The van der Waals surface area contributed by atoms with Gasteiger partial charge in [0.1, 0.15) is 5.76 Å². The van der Waals surface area contributed by atoms with Crippen LogP contribution in [0.3, 0.4) is 0 Å². The zero-order chi connectivity index (χ0) is 16.4. The van der Waals surface area contributed by atoms with Gasteiger partial charge in [0.25, 0.3) is 5.91 Å². The number of carbonyl (C=O) groups excluding carboxylic acids is 1. The molecule has 1 aliphatic rings. The van der Waals surface area contributed by atoms with Crippen LogP contribution in [0.4, 0.5) is 5.13 Å². The number of hydrogen-bond donors (Lipinski definition) is 2. The fourth-order valence-electron chi connectivity index (χ4n) is 2.81. The van der Waals surface area contributed by atoms with Gasteiger partial charge in [-0.2, -0.15) is 0 Å². The molecule has 3 rings (SSSR count). The molecule has 0 fully saturated rings. The molecule has 5 nitrogen and oxygen atoms in total. The molecule has 2 aromatic heterocycles. The number of carbonyl (C=O) groups is 1. The summed E-state index contributed by atoms with van der Waals surface area (Å²) in [5.74, 6) is 0.377. The average Bonchev–Trinajstić information content (AvgIpc) is 2.95. The van der Waals surface area contributed by atoms with Crippen molar-refractivity contribution in [1.82, 2.24) is 9.97 Å². The smallest absolute Gasteiger partial charge is 0.257 e. The van der Waals surface area contributed by atoms with Crippen molar-refractivity contribution in [3.05, 3.63) is 64.6 Å². The molecule has 2 aromatic rings. The number of anilines is 1. The minimum Gasteiger partial charge on any atom is -0.508 e. The van der Waals surface area contributed by atoms with Crippen LogP contribution in [-0.2, 0) is 0 Å². The summed E-state index contributed by atoms with van der Waals surface area (Å²) < 4.78 is 0. The van der Waals surface area contributed by atoms with Crippen molar-refractivity contribution in [3.63, 3.8) is 0 Å². The van der Waals surface area contributed by atoms with E-state index in [4.69, 9.17) is 0 Å². The predicted octanol–water partition coefficient (Wildman–Crippen LogP) is 3.91. The molecular weight excluding hydrogens is 310 g/mol. The summed E-state index contributed by atoms with van der Waals surface area (Å²) in [5, 5.41) is 15.0. The predicted molar refractivity (Wildman–Crippen MR) is 90.7 cm³/mol. The molecule has 1 amide bonds. The average molecular weight is 327 g/mol. The number of rotatable bonds is 3. The van der Waals surface area contributed by atoms with E-state index in [1.807, 2.05) is 25.3 Å². The second kappa shape index (κ2) is 6.34. The lowest BCUT2D eigenvalue weighted by Crippen LogP contribution is -2.15. The zero-order valence-electron chi connectivity index (χ0n) is 12.9. The highest BCUT2D eigenvalue weighted by molar-refractivity contribution is 7.14. The topological polar surface area (TPSA) is 75.1 Å². The summed E-state index contributed by atoms with van der Waals surface area (Å²) >= 11 is 1.40. The molecule has 1 aliphatic carbocycles. The summed E-state index contributed by atoms with van der Waals surface area (Å²) in [6.45, 7) is 4.03. The van der Waals surface area contributed by atoms with Gasteiger partial charge in [-0.15, -0.1) is 11.3 Å². The number of pyridine rings is 1. The van der Waals surface area contributed by atoms with Gasteiger partial charge in [-0.25, -0.2) is 4.98 Å². The van der Waals surface area contributed by atoms with Crippen molar-refractivity contribution < 1.29 is 9.90 Å². The number of allylic oxidation sites excluding steroid dienone is 3. The highest BCUT2D eigenvalue weighted by Crippen LogP contribution is 2.37. The summed E-state index contributed by atoms with van der Waals surface area (Å²) in [4.78, 5) is 20.6. The minimum atomic E-state index is -0.199. The van der Waals surface area contributed by atoms with Crippen LogP contribution in [0.15, 0.2) is 53.4 Å². The molecule has 2 N–H and O–H groups in total. The molecule has 0 aliphatic heterocycles. The molecule has 118 valence electrons. The van der Waals surface area contributed by atoms with Gasteiger partial charge in [-0.05, 0) is 37.1 Å². The largest absolute Gasteiger partial charge is 0.508 e. The van der Waals surface area contributed by atoms with E-state index in [9.17, 15) is 9.90 Å². The van der Waals surface area contributed by atoms with E-state index in [2.05, 4.69) is 15.3 Å². The molecule has 0 saturated carbocycles. The highest BCUT2D eigenvalue weighted by atomic mass is 32.1. The number of amides is 1. The zero-order valence-corrected chi connectivity index (χ0v) is 13.7. The first-order valence-electron chi connectivity index (χ1n) is 7.30. The number of hydrogen-bond acceptors (Lipinski definition) is 5. The molecule has 0 radical (unpaired) electrons. The maximum atomic E-state index is 12.1. The van der Waals surface area contributed by atoms with Gasteiger partial charge in [0.05, 0.1) is 5.69 Å². The summed E-state index contributed by atoms with van der Waals surface area (Å²) in [7, 11) is 0. The van der Waals surface area contributed by atoms with E-state index in [1.54, 1.807) is 30.6 Å². The van der Waals surface area contributed by atoms with Gasteiger partial charge >= 0.3 is 0 Å². The molecule has 0 aromatic carbocycles. The molecule has 0 saturated heterocycles. The summed E-state index contributed by atoms with van der Waals surface area (Å²) in [6, 6.07) is 3.32. The maximum Gasteiger partial charge on any atom is 0.257 e. The number of aliphatic hydroxyl groups excluding tert-OH is 1. The Bertz CT molecular complexity index is 780. The van der Waals surface area contributed by atoms with Crippen LogP contribution in [0.25, 0.3) is 0 Å². The number of nitrogens with one attached hydrogen (secondary N) is 1. The van der Waals surface area contributed by atoms with Gasteiger partial charge in [-0.1, -0.05) is 12.5 Å². The van der Waals surface area contributed by atoms with Crippen LogP contribution >= 0.6 is 11.3 Å². The Morgan fingerprint density at radius 1 is 1.35 bits per heavy atom. The first-order chi connectivity index (χ1) is 11.0. The van der Waals surface area contributed by atoms with E-state index in [-0.39, 0.29) is 17.7 Å². The van der Waals surface area contributed by atoms with Crippen LogP contribution < -0.4 is 5.32 Å². The van der Waals surface area contributed by atoms with E-state index in [1.165, 1.54) is 11.3 Å². The van der Waals surface area contributed by atoms with Crippen LogP contribution in [0, 0.1) is 5.92 Å². The molecule has 2 heterocycles.